The summed E-state index contributed by atoms with van der Waals surface area (Å²) in [5.41, 5.74) is 0. The highest BCUT2D eigenvalue weighted by Crippen LogP contribution is 2.34. The van der Waals surface area contributed by atoms with Crippen molar-refractivity contribution in [3.63, 3.8) is 0 Å². The highest BCUT2D eigenvalue weighted by atomic mass is 16.2. The van der Waals surface area contributed by atoms with Gasteiger partial charge in [0.15, 0.2) is 0 Å². The third-order valence-electron chi connectivity index (χ3n) is 4.85. The Kier molecular flexibility index (Phi) is 2.99. The van der Waals surface area contributed by atoms with Gasteiger partial charge in [0.2, 0.25) is 0 Å². The van der Waals surface area contributed by atoms with Crippen LogP contribution in [0.3, 0.4) is 0 Å². The van der Waals surface area contributed by atoms with E-state index in [9.17, 15) is 4.79 Å². The molecule has 17 heavy (non-hydrogen) atoms. The minimum Gasteiger partial charge on any atom is -0.323 e. The lowest BCUT2D eigenvalue weighted by atomic mass is 9.98. The number of likely N-dealkylation sites (N-methyl/N-ethyl adjacent to an activating group) is 1. The molecule has 4 nitrogen and oxygen atoms in total. The van der Waals surface area contributed by atoms with Crippen LogP contribution < -0.4 is 5.32 Å². The minimum atomic E-state index is 0.260. The number of carbonyl (C=O) groups excluding carboxylic acids is 1. The SMILES string of the molecule is CN1C(=O)N(C2CCNC2)CC1C1CCCC1. The molecule has 2 atom stereocenters. The van der Waals surface area contributed by atoms with Crippen molar-refractivity contribution in [3.05, 3.63) is 0 Å². The molecule has 2 unspecified atom stereocenters. The Morgan fingerprint density at radius 2 is 2.00 bits per heavy atom. The van der Waals surface area contributed by atoms with E-state index in [4.69, 9.17) is 0 Å². The van der Waals surface area contributed by atoms with Crippen LogP contribution in [0.25, 0.3) is 0 Å². The molecule has 0 bridgehead atoms. The maximum absolute atomic E-state index is 12.3. The maximum atomic E-state index is 12.3. The van der Waals surface area contributed by atoms with E-state index < -0.39 is 0 Å². The Morgan fingerprint density at radius 1 is 1.24 bits per heavy atom. The van der Waals surface area contributed by atoms with Crippen molar-refractivity contribution in [2.45, 2.75) is 44.2 Å². The third kappa shape index (κ3) is 1.92. The van der Waals surface area contributed by atoms with Crippen LogP contribution >= 0.6 is 0 Å². The number of rotatable bonds is 2. The monoisotopic (exact) mass is 237 g/mol. The summed E-state index contributed by atoms with van der Waals surface area (Å²) in [5, 5.41) is 3.36. The van der Waals surface area contributed by atoms with E-state index in [1.807, 2.05) is 11.9 Å². The molecular weight excluding hydrogens is 214 g/mol. The number of nitrogens with one attached hydrogen (secondary N) is 1. The van der Waals surface area contributed by atoms with Crippen LogP contribution in [0.15, 0.2) is 0 Å². The van der Waals surface area contributed by atoms with Crippen LogP contribution in [0.4, 0.5) is 4.79 Å². The van der Waals surface area contributed by atoms with E-state index in [1.165, 1.54) is 25.7 Å². The predicted molar refractivity (Wildman–Crippen MR) is 66.9 cm³/mol. The van der Waals surface area contributed by atoms with Gasteiger partial charge in [-0.15, -0.1) is 0 Å². The summed E-state index contributed by atoms with van der Waals surface area (Å²) in [6.45, 7) is 3.01. The summed E-state index contributed by atoms with van der Waals surface area (Å²) in [5.74, 6) is 0.753. The third-order valence-corrected chi connectivity index (χ3v) is 4.85. The summed E-state index contributed by atoms with van der Waals surface area (Å²) in [6, 6.07) is 1.18. The van der Waals surface area contributed by atoms with Gasteiger partial charge in [-0.05, 0) is 31.7 Å². The molecule has 2 heterocycles. The second kappa shape index (κ2) is 4.48. The molecule has 2 amide bonds. The van der Waals surface area contributed by atoms with E-state index >= 15 is 0 Å². The molecule has 0 spiro atoms. The first-order valence-electron chi connectivity index (χ1n) is 7.01. The zero-order valence-corrected chi connectivity index (χ0v) is 10.7. The summed E-state index contributed by atoms with van der Waals surface area (Å²) in [7, 11) is 1.99. The highest BCUT2D eigenvalue weighted by molar-refractivity contribution is 5.77. The Labute approximate surface area is 103 Å². The largest absolute Gasteiger partial charge is 0.323 e. The maximum Gasteiger partial charge on any atom is 0.320 e. The van der Waals surface area contributed by atoms with Gasteiger partial charge in [-0.1, -0.05) is 12.8 Å². The van der Waals surface area contributed by atoms with Gasteiger partial charge in [0.05, 0.1) is 6.04 Å². The average Bonchev–Trinajstić information content (AvgIpc) is 3.02. The van der Waals surface area contributed by atoms with Gasteiger partial charge in [-0.3, -0.25) is 0 Å². The Morgan fingerprint density at radius 3 is 2.65 bits per heavy atom. The number of nitrogens with zero attached hydrogens (tertiary/aromatic N) is 2. The first-order valence-corrected chi connectivity index (χ1v) is 7.01. The van der Waals surface area contributed by atoms with Gasteiger partial charge >= 0.3 is 6.03 Å². The molecule has 1 N–H and O–H groups in total. The van der Waals surface area contributed by atoms with Crippen LogP contribution in [0.5, 0.6) is 0 Å². The molecule has 2 aliphatic heterocycles. The number of carbonyl (C=O) groups is 1. The standard InChI is InChI=1S/C13H23N3O/c1-15-12(10-4-2-3-5-10)9-16(13(15)17)11-6-7-14-8-11/h10-12,14H,2-9H2,1H3. The molecule has 3 rings (SSSR count). The van der Waals surface area contributed by atoms with Crippen LogP contribution in [0, 0.1) is 5.92 Å². The number of hydrogen-bond acceptors (Lipinski definition) is 2. The van der Waals surface area contributed by atoms with Crippen molar-refractivity contribution in [1.29, 1.82) is 0 Å². The van der Waals surface area contributed by atoms with E-state index in [-0.39, 0.29) is 6.03 Å². The molecule has 0 aromatic carbocycles. The lowest BCUT2D eigenvalue weighted by Gasteiger charge is -2.23. The molecule has 2 saturated heterocycles. The van der Waals surface area contributed by atoms with Gasteiger partial charge in [-0.25, -0.2) is 4.79 Å². The van der Waals surface area contributed by atoms with Crippen LogP contribution in [-0.4, -0.2) is 54.6 Å². The van der Waals surface area contributed by atoms with E-state index in [0.29, 0.717) is 12.1 Å². The fraction of sp³-hybridized carbons (Fsp3) is 0.923. The van der Waals surface area contributed by atoms with Gasteiger partial charge < -0.3 is 15.1 Å². The van der Waals surface area contributed by atoms with E-state index in [1.54, 1.807) is 0 Å². The molecule has 1 aliphatic carbocycles. The van der Waals surface area contributed by atoms with E-state index in [0.717, 1.165) is 32.0 Å². The van der Waals surface area contributed by atoms with Gasteiger partial charge in [-0.2, -0.15) is 0 Å². The second-order valence-corrected chi connectivity index (χ2v) is 5.80. The van der Waals surface area contributed by atoms with Gasteiger partial charge in [0.1, 0.15) is 0 Å². The Bertz CT molecular complexity index is 295. The molecule has 0 aromatic rings. The zero-order valence-electron chi connectivity index (χ0n) is 10.7. The van der Waals surface area contributed by atoms with Crippen molar-refractivity contribution in [2.24, 2.45) is 5.92 Å². The summed E-state index contributed by atoms with van der Waals surface area (Å²) < 4.78 is 0. The number of urea groups is 1. The summed E-state index contributed by atoms with van der Waals surface area (Å²) >= 11 is 0. The quantitative estimate of drug-likeness (QED) is 0.785. The van der Waals surface area contributed by atoms with Crippen molar-refractivity contribution >= 4 is 6.03 Å². The summed E-state index contributed by atoms with van der Waals surface area (Å²) in [4.78, 5) is 16.4. The first-order chi connectivity index (χ1) is 8.27. The van der Waals surface area contributed by atoms with Crippen LogP contribution in [-0.2, 0) is 0 Å². The van der Waals surface area contributed by atoms with Crippen molar-refractivity contribution < 1.29 is 4.79 Å². The molecule has 3 aliphatic rings. The zero-order chi connectivity index (χ0) is 11.8. The first kappa shape index (κ1) is 11.3. The normalized spacial score (nSPS) is 35.2. The lowest BCUT2D eigenvalue weighted by Crippen LogP contribution is -2.39. The molecule has 4 heteroatoms. The van der Waals surface area contributed by atoms with Gasteiger partial charge in [0, 0.05) is 26.2 Å². The number of amides is 2. The highest BCUT2D eigenvalue weighted by Gasteiger charge is 2.42. The summed E-state index contributed by atoms with van der Waals surface area (Å²) in [6.07, 6.45) is 6.47. The smallest absolute Gasteiger partial charge is 0.320 e. The Hall–Kier alpha value is -0.770. The molecule has 96 valence electrons. The van der Waals surface area contributed by atoms with Crippen molar-refractivity contribution in [2.75, 3.05) is 26.7 Å². The van der Waals surface area contributed by atoms with Crippen molar-refractivity contribution in [3.8, 4) is 0 Å². The fourth-order valence-corrected chi connectivity index (χ4v) is 3.76. The molecule has 1 saturated carbocycles. The molecule has 3 fully saturated rings. The fourth-order valence-electron chi connectivity index (χ4n) is 3.76. The number of hydrogen-bond donors (Lipinski definition) is 1. The van der Waals surface area contributed by atoms with Crippen LogP contribution in [0.2, 0.25) is 0 Å². The minimum absolute atomic E-state index is 0.260. The molecule has 0 radical (unpaired) electrons. The molecule has 0 aromatic heterocycles. The van der Waals surface area contributed by atoms with Gasteiger partial charge in [0.25, 0.3) is 0 Å². The predicted octanol–water partition coefficient (Wildman–Crippen LogP) is 1.27. The second-order valence-electron chi connectivity index (χ2n) is 5.80. The van der Waals surface area contributed by atoms with Crippen molar-refractivity contribution in [1.82, 2.24) is 15.1 Å². The lowest BCUT2D eigenvalue weighted by molar-refractivity contribution is 0.181. The topological polar surface area (TPSA) is 35.6 Å². The molecular formula is C13H23N3O. The average molecular weight is 237 g/mol. The van der Waals surface area contributed by atoms with Crippen LogP contribution in [0.1, 0.15) is 32.1 Å². The van der Waals surface area contributed by atoms with E-state index in [2.05, 4.69) is 10.2 Å². The Balaban J connectivity index is 1.69.